The van der Waals surface area contributed by atoms with Crippen LogP contribution >= 0.6 is 0 Å². The van der Waals surface area contributed by atoms with Crippen molar-refractivity contribution in [3.8, 4) is 0 Å². The maximum absolute atomic E-state index is 12.8. The molecule has 5 nitrogen and oxygen atoms in total. The van der Waals surface area contributed by atoms with Gasteiger partial charge in [0.25, 0.3) is 0 Å². The Morgan fingerprint density at radius 3 is 2.31 bits per heavy atom. The first-order valence-corrected chi connectivity index (χ1v) is 8.77. The van der Waals surface area contributed by atoms with Crippen molar-refractivity contribution in [3.63, 3.8) is 0 Å². The van der Waals surface area contributed by atoms with E-state index in [1.54, 1.807) is 6.92 Å². The second-order valence-electron chi connectivity index (χ2n) is 6.44. The minimum absolute atomic E-state index is 0.0420. The van der Waals surface area contributed by atoms with E-state index >= 15 is 0 Å². The smallest absolute Gasteiger partial charge is 0.250 e. The second-order valence-corrected chi connectivity index (χ2v) is 6.44. The first-order valence-electron chi connectivity index (χ1n) is 8.77. The Morgan fingerprint density at radius 2 is 1.73 bits per heavy atom. The lowest BCUT2D eigenvalue weighted by molar-refractivity contribution is -0.136. The van der Waals surface area contributed by atoms with E-state index in [-0.39, 0.29) is 24.4 Å². The first-order chi connectivity index (χ1) is 12.6. The number of rotatable bonds is 7. The number of amides is 1. The van der Waals surface area contributed by atoms with Gasteiger partial charge in [0.15, 0.2) is 5.78 Å². The highest BCUT2D eigenvalue weighted by Gasteiger charge is 2.35. The van der Waals surface area contributed by atoms with E-state index in [9.17, 15) is 9.59 Å². The lowest BCUT2D eigenvalue weighted by atomic mass is 10.1. The molecule has 1 fully saturated rings. The van der Waals surface area contributed by atoms with Crippen LogP contribution in [-0.4, -0.2) is 36.5 Å². The van der Waals surface area contributed by atoms with Gasteiger partial charge < -0.3 is 14.8 Å². The van der Waals surface area contributed by atoms with Gasteiger partial charge >= 0.3 is 0 Å². The summed E-state index contributed by atoms with van der Waals surface area (Å²) in [5.74, 6) is -0.396. The van der Waals surface area contributed by atoms with Crippen LogP contribution < -0.4 is 5.32 Å². The van der Waals surface area contributed by atoms with E-state index in [4.69, 9.17) is 9.47 Å². The van der Waals surface area contributed by atoms with Gasteiger partial charge in [-0.05, 0) is 18.1 Å². The summed E-state index contributed by atoms with van der Waals surface area (Å²) < 4.78 is 11.2. The number of ether oxygens (including phenoxy) is 2. The standard InChI is InChI=1S/C21H23NO4/c1-15-20(18(23)14-25-15)22-21(24)19(12-16-8-4-2-5-9-16)26-13-17-10-6-3-7-11-17/h2-11,15,19-20H,12-14H2,1H3,(H,22,24)/t15-,19-,20+/m0/s1. The van der Waals surface area contributed by atoms with E-state index in [0.717, 1.165) is 11.1 Å². The average molecular weight is 353 g/mol. The predicted octanol–water partition coefficient (Wildman–Crippen LogP) is 2.29. The van der Waals surface area contributed by atoms with Crippen LogP contribution in [0.1, 0.15) is 18.1 Å². The van der Waals surface area contributed by atoms with E-state index in [0.29, 0.717) is 13.0 Å². The van der Waals surface area contributed by atoms with E-state index < -0.39 is 12.1 Å². The molecule has 1 aliphatic heterocycles. The van der Waals surface area contributed by atoms with Crippen LogP contribution in [0.25, 0.3) is 0 Å². The maximum atomic E-state index is 12.8. The van der Waals surface area contributed by atoms with Gasteiger partial charge in [-0.3, -0.25) is 9.59 Å². The topological polar surface area (TPSA) is 64.6 Å². The van der Waals surface area contributed by atoms with Crippen molar-refractivity contribution in [2.24, 2.45) is 0 Å². The predicted molar refractivity (Wildman–Crippen MR) is 97.5 cm³/mol. The maximum Gasteiger partial charge on any atom is 0.250 e. The molecular weight excluding hydrogens is 330 g/mol. The molecule has 3 rings (SSSR count). The van der Waals surface area contributed by atoms with Crippen molar-refractivity contribution in [2.75, 3.05) is 6.61 Å². The average Bonchev–Trinajstić information content (AvgIpc) is 2.98. The molecule has 0 spiro atoms. The summed E-state index contributed by atoms with van der Waals surface area (Å²) in [5, 5.41) is 2.80. The molecule has 136 valence electrons. The zero-order valence-corrected chi connectivity index (χ0v) is 14.8. The van der Waals surface area contributed by atoms with Crippen LogP contribution in [0.5, 0.6) is 0 Å². The van der Waals surface area contributed by atoms with Gasteiger partial charge in [0.05, 0.1) is 12.7 Å². The number of carbonyl (C=O) groups is 2. The zero-order chi connectivity index (χ0) is 18.4. The molecule has 1 heterocycles. The molecule has 0 radical (unpaired) electrons. The Labute approximate surface area is 153 Å². The first kappa shape index (κ1) is 18.3. The molecular formula is C21H23NO4. The van der Waals surface area contributed by atoms with Crippen LogP contribution in [0.3, 0.4) is 0 Å². The lowest BCUT2D eigenvalue weighted by Gasteiger charge is -2.21. The van der Waals surface area contributed by atoms with Crippen LogP contribution in [0.2, 0.25) is 0 Å². The fraction of sp³-hybridized carbons (Fsp3) is 0.333. The summed E-state index contributed by atoms with van der Waals surface area (Å²) >= 11 is 0. The van der Waals surface area contributed by atoms with Crippen LogP contribution in [0.4, 0.5) is 0 Å². The Balaban J connectivity index is 1.68. The van der Waals surface area contributed by atoms with Crippen molar-refractivity contribution >= 4 is 11.7 Å². The molecule has 3 atom stereocenters. The number of nitrogens with one attached hydrogen (secondary N) is 1. The molecule has 0 aromatic heterocycles. The third kappa shape index (κ3) is 4.77. The van der Waals surface area contributed by atoms with E-state index in [2.05, 4.69) is 5.32 Å². The summed E-state index contributed by atoms with van der Waals surface area (Å²) in [5.41, 5.74) is 2.00. The number of Topliss-reactive ketones (excluding diaryl/α,β-unsaturated/α-hetero) is 1. The monoisotopic (exact) mass is 353 g/mol. The molecule has 2 aromatic rings. The van der Waals surface area contributed by atoms with Crippen LogP contribution in [0.15, 0.2) is 60.7 Å². The number of hydrogen-bond donors (Lipinski definition) is 1. The van der Waals surface area contributed by atoms with Crippen molar-refractivity contribution < 1.29 is 19.1 Å². The molecule has 5 heteroatoms. The van der Waals surface area contributed by atoms with Crippen molar-refractivity contribution in [2.45, 2.75) is 38.2 Å². The number of carbonyl (C=O) groups excluding carboxylic acids is 2. The van der Waals surface area contributed by atoms with Gasteiger partial charge in [-0.2, -0.15) is 0 Å². The summed E-state index contributed by atoms with van der Waals surface area (Å²) in [6.07, 6.45) is -0.563. The summed E-state index contributed by atoms with van der Waals surface area (Å²) in [6.45, 7) is 2.16. The highest BCUT2D eigenvalue weighted by Crippen LogP contribution is 2.13. The quantitative estimate of drug-likeness (QED) is 0.829. The lowest BCUT2D eigenvalue weighted by Crippen LogP contribution is -2.49. The molecule has 0 bridgehead atoms. The second kappa shape index (κ2) is 8.74. The van der Waals surface area contributed by atoms with Gasteiger partial charge in [0.2, 0.25) is 5.91 Å². The molecule has 1 saturated heterocycles. The van der Waals surface area contributed by atoms with Gasteiger partial charge in [0.1, 0.15) is 18.8 Å². The summed E-state index contributed by atoms with van der Waals surface area (Å²) in [4.78, 5) is 24.7. The molecule has 1 aliphatic rings. The number of hydrogen-bond acceptors (Lipinski definition) is 4. The molecule has 0 unspecified atom stereocenters. The molecule has 1 amide bonds. The molecule has 0 saturated carbocycles. The van der Waals surface area contributed by atoms with Crippen molar-refractivity contribution in [3.05, 3.63) is 71.8 Å². The van der Waals surface area contributed by atoms with E-state index in [1.165, 1.54) is 0 Å². The highest BCUT2D eigenvalue weighted by atomic mass is 16.5. The minimum Gasteiger partial charge on any atom is -0.368 e. The largest absolute Gasteiger partial charge is 0.368 e. The summed E-state index contributed by atoms with van der Waals surface area (Å²) in [6, 6.07) is 18.8. The van der Waals surface area contributed by atoms with Crippen molar-refractivity contribution in [1.82, 2.24) is 5.32 Å². The number of benzene rings is 2. The fourth-order valence-corrected chi connectivity index (χ4v) is 2.93. The Bertz CT molecular complexity index is 732. The molecule has 2 aromatic carbocycles. The SMILES string of the molecule is C[C@@H]1OCC(=O)[C@@H]1NC(=O)[C@H](Cc1ccccc1)OCc1ccccc1. The van der Waals surface area contributed by atoms with Gasteiger partial charge in [-0.15, -0.1) is 0 Å². The van der Waals surface area contributed by atoms with Gasteiger partial charge in [-0.25, -0.2) is 0 Å². The highest BCUT2D eigenvalue weighted by molar-refractivity contribution is 5.93. The summed E-state index contributed by atoms with van der Waals surface area (Å²) in [7, 11) is 0. The normalized spacial score (nSPS) is 20.7. The third-order valence-corrected chi connectivity index (χ3v) is 4.45. The van der Waals surface area contributed by atoms with Crippen molar-refractivity contribution in [1.29, 1.82) is 0 Å². The Kier molecular flexibility index (Phi) is 6.15. The zero-order valence-electron chi connectivity index (χ0n) is 14.8. The fourth-order valence-electron chi connectivity index (χ4n) is 2.93. The molecule has 0 aliphatic carbocycles. The van der Waals surface area contributed by atoms with Crippen LogP contribution in [-0.2, 0) is 32.1 Å². The minimum atomic E-state index is -0.682. The van der Waals surface area contributed by atoms with Gasteiger partial charge in [0, 0.05) is 6.42 Å². The Morgan fingerprint density at radius 1 is 1.12 bits per heavy atom. The Hall–Kier alpha value is -2.50. The van der Waals surface area contributed by atoms with Gasteiger partial charge in [-0.1, -0.05) is 60.7 Å². The molecule has 26 heavy (non-hydrogen) atoms. The van der Waals surface area contributed by atoms with Crippen LogP contribution in [0, 0.1) is 0 Å². The third-order valence-electron chi connectivity index (χ3n) is 4.45. The number of ketones is 1. The molecule has 1 N–H and O–H groups in total. The van der Waals surface area contributed by atoms with E-state index in [1.807, 2.05) is 60.7 Å².